The summed E-state index contributed by atoms with van der Waals surface area (Å²) in [5.74, 6) is 0.457. The van der Waals surface area contributed by atoms with E-state index in [9.17, 15) is 4.79 Å². The van der Waals surface area contributed by atoms with E-state index in [1.165, 1.54) is 6.33 Å². The van der Waals surface area contributed by atoms with Crippen molar-refractivity contribution in [3.05, 3.63) is 94.5 Å². The highest BCUT2D eigenvalue weighted by molar-refractivity contribution is 5.77. The van der Waals surface area contributed by atoms with Gasteiger partial charge in [0.1, 0.15) is 18.0 Å². The van der Waals surface area contributed by atoms with E-state index < -0.39 is 0 Å². The molecular formula is C22H18N6O. The molecule has 0 aliphatic carbocycles. The molecule has 0 aliphatic rings. The van der Waals surface area contributed by atoms with E-state index in [-0.39, 0.29) is 23.1 Å². The predicted octanol–water partition coefficient (Wildman–Crippen LogP) is 4.06. The standard InChI is InChI=1S/C22H18N6O/c1-14(27-21-19(24-2)20(23)25-13-26-21)17-12-16-10-6-7-11-28(16)22(29)18(17)15-8-4-3-5-9-15/h3-14H,1H3,(H3,23,25,26,27)/t14-/m1/s1. The van der Waals surface area contributed by atoms with E-state index in [4.69, 9.17) is 12.3 Å². The van der Waals surface area contributed by atoms with Crippen LogP contribution in [0.15, 0.2) is 71.9 Å². The summed E-state index contributed by atoms with van der Waals surface area (Å²) in [6, 6.07) is 16.8. The number of hydrogen-bond donors (Lipinski definition) is 2. The highest BCUT2D eigenvalue weighted by Gasteiger charge is 2.19. The van der Waals surface area contributed by atoms with Crippen LogP contribution in [0.5, 0.6) is 0 Å². The first-order chi connectivity index (χ1) is 14.1. The van der Waals surface area contributed by atoms with Gasteiger partial charge in [-0.3, -0.25) is 9.20 Å². The second kappa shape index (κ2) is 7.44. The number of aromatic nitrogens is 3. The summed E-state index contributed by atoms with van der Waals surface area (Å²) < 4.78 is 1.63. The lowest BCUT2D eigenvalue weighted by atomic mass is 9.96. The molecule has 3 N–H and O–H groups in total. The van der Waals surface area contributed by atoms with Crippen LogP contribution in [0.2, 0.25) is 0 Å². The summed E-state index contributed by atoms with van der Waals surface area (Å²) in [5, 5.41) is 3.23. The smallest absolute Gasteiger partial charge is 0.268 e. The van der Waals surface area contributed by atoms with Crippen LogP contribution in [0, 0.1) is 6.57 Å². The van der Waals surface area contributed by atoms with Crippen LogP contribution in [0.3, 0.4) is 0 Å². The molecule has 7 nitrogen and oxygen atoms in total. The van der Waals surface area contributed by atoms with Crippen LogP contribution in [-0.4, -0.2) is 14.4 Å². The Balaban J connectivity index is 1.90. The summed E-state index contributed by atoms with van der Waals surface area (Å²) in [6.07, 6.45) is 3.07. The zero-order chi connectivity index (χ0) is 20.4. The minimum atomic E-state index is -0.307. The Morgan fingerprint density at radius 2 is 1.90 bits per heavy atom. The van der Waals surface area contributed by atoms with Crippen molar-refractivity contribution in [2.24, 2.45) is 0 Å². The lowest BCUT2D eigenvalue weighted by molar-refractivity contribution is 0.868. The Morgan fingerprint density at radius 1 is 1.14 bits per heavy atom. The van der Waals surface area contributed by atoms with Gasteiger partial charge in [-0.05, 0) is 36.2 Å². The second-order valence-corrected chi connectivity index (χ2v) is 6.58. The van der Waals surface area contributed by atoms with Crippen LogP contribution in [0.4, 0.5) is 17.3 Å². The summed E-state index contributed by atoms with van der Waals surface area (Å²) >= 11 is 0. The van der Waals surface area contributed by atoms with Gasteiger partial charge in [0.25, 0.3) is 11.2 Å². The van der Waals surface area contributed by atoms with Crippen LogP contribution in [0.25, 0.3) is 21.5 Å². The van der Waals surface area contributed by atoms with Gasteiger partial charge >= 0.3 is 0 Å². The summed E-state index contributed by atoms with van der Waals surface area (Å²) in [7, 11) is 0. The maximum absolute atomic E-state index is 13.3. The molecule has 0 bridgehead atoms. The predicted molar refractivity (Wildman–Crippen MR) is 114 cm³/mol. The molecule has 4 aromatic rings. The topological polar surface area (TPSA) is 89.7 Å². The maximum Gasteiger partial charge on any atom is 0.268 e. The number of anilines is 2. The van der Waals surface area contributed by atoms with Crippen molar-refractivity contribution in [2.75, 3.05) is 11.1 Å². The van der Waals surface area contributed by atoms with Crippen molar-refractivity contribution in [1.82, 2.24) is 14.4 Å². The van der Waals surface area contributed by atoms with Crippen LogP contribution in [0.1, 0.15) is 18.5 Å². The first kappa shape index (κ1) is 18.2. The maximum atomic E-state index is 13.3. The number of pyridine rings is 2. The number of nitrogens with zero attached hydrogens (tertiary/aromatic N) is 4. The highest BCUT2D eigenvalue weighted by Crippen LogP contribution is 2.33. The summed E-state index contributed by atoms with van der Waals surface area (Å²) in [4.78, 5) is 24.8. The fourth-order valence-corrected chi connectivity index (χ4v) is 3.36. The molecule has 0 unspecified atom stereocenters. The molecule has 7 heteroatoms. The van der Waals surface area contributed by atoms with Gasteiger partial charge < -0.3 is 11.1 Å². The Labute approximate surface area is 167 Å². The minimum Gasteiger partial charge on any atom is -0.392 e. The van der Waals surface area contributed by atoms with E-state index in [2.05, 4.69) is 20.1 Å². The van der Waals surface area contributed by atoms with Gasteiger partial charge in [0, 0.05) is 17.8 Å². The summed E-state index contributed by atoms with van der Waals surface area (Å²) in [5.41, 5.74) is 8.88. The van der Waals surface area contributed by atoms with Crippen molar-refractivity contribution in [2.45, 2.75) is 13.0 Å². The van der Waals surface area contributed by atoms with Gasteiger partial charge in [-0.1, -0.05) is 36.4 Å². The van der Waals surface area contributed by atoms with Gasteiger partial charge in [0.05, 0.1) is 12.1 Å². The lowest BCUT2D eigenvalue weighted by Gasteiger charge is -2.20. The van der Waals surface area contributed by atoms with Crippen LogP contribution >= 0.6 is 0 Å². The molecule has 3 aromatic heterocycles. The normalized spacial score (nSPS) is 11.7. The van der Waals surface area contributed by atoms with Crippen molar-refractivity contribution >= 4 is 22.8 Å². The number of hydrogen-bond acceptors (Lipinski definition) is 5. The fourth-order valence-electron chi connectivity index (χ4n) is 3.36. The Kier molecular flexibility index (Phi) is 4.67. The Morgan fingerprint density at radius 3 is 2.66 bits per heavy atom. The molecule has 29 heavy (non-hydrogen) atoms. The Hall–Kier alpha value is -4.18. The molecule has 0 amide bonds. The van der Waals surface area contributed by atoms with Crippen molar-refractivity contribution in [3.8, 4) is 11.1 Å². The molecule has 0 aliphatic heterocycles. The molecule has 142 valence electrons. The highest BCUT2D eigenvalue weighted by atomic mass is 16.1. The molecule has 0 spiro atoms. The van der Waals surface area contributed by atoms with Crippen molar-refractivity contribution in [3.63, 3.8) is 0 Å². The van der Waals surface area contributed by atoms with Crippen molar-refractivity contribution < 1.29 is 0 Å². The van der Waals surface area contributed by atoms with Gasteiger partial charge in [-0.15, -0.1) is 0 Å². The minimum absolute atomic E-state index is 0.106. The summed E-state index contributed by atoms with van der Waals surface area (Å²) in [6.45, 7) is 9.29. The number of nitrogens with two attached hydrogens (primary N) is 1. The first-order valence-electron chi connectivity index (χ1n) is 9.04. The molecule has 0 radical (unpaired) electrons. The molecular weight excluding hydrogens is 364 g/mol. The van der Waals surface area contributed by atoms with E-state index in [0.29, 0.717) is 11.4 Å². The number of benzene rings is 1. The van der Waals surface area contributed by atoms with E-state index in [1.54, 1.807) is 10.6 Å². The average molecular weight is 382 g/mol. The third-order valence-corrected chi connectivity index (χ3v) is 4.76. The SMILES string of the molecule is [C-]#[N+]c1c(N)ncnc1N[C@H](C)c1cc2ccccn2c(=O)c1-c1ccccc1. The van der Waals surface area contributed by atoms with Crippen molar-refractivity contribution in [1.29, 1.82) is 0 Å². The molecule has 3 heterocycles. The molecule has 0 saturated heterocycles. The molecule has 1 aromatic carbocycles. The van der Waals surface area contributed by atoms with E-state index >= 15 is 0 Å². The fraction of sp³-hybridized carbons (Fsp3) is 0.0909. The van der Waals surface area contributed by atoms with Gasteiger partial charge in [-0.2, -0.15) is 0 Å². The van der Waals surface area contributed by atoms with E-state index in [0.717, 1.165) is 16.6 Å². The van der Waals surface area contributed by atoms with Crippen LogP contribution in [-0.2, 0) is 0 Å². The van der Waals surface area contributed by atoms with Gasteiger partial charge in [0.15, 0.2) is 0 Å². The average Bonchev–Trinajstić information content (AvgIpc) is 2.74. The van der Waals surface area contributed by atoms with E-state index in [1.807, 2.05) is 61.5 Å². The number of nitrogens with one attached hydrogen (secondary N) is 1. The van der Waals surface area contributed by atoms with Gasteiger partial charge in [0.2, 0.25) is 0 Å². The first-order valence-corrected chi connectivity index (χ1v) is 9.04. The molecule has 4 rings (SSSR count). The van der Waals surface area contributed by atoms with Crippen LogP contribution < -0.4 is 16.6 Å². The van der Waals surface area contributed by atoms with Gasteiger partial charge in [-0.25, -0.2) is 14.8 Å². The third-order valence-electron chi connectivity index (χ3n) is 4.76. The zero-order valence-electron chi connectivity index (χ0n) is 15.7. The molecule has 0 fully saturated rings. The molecule has 0 saturated carbocycles. The zero-order valence-corrected chi connectivity index (χ0v) is 15.7. The monoisotopic (exact) mass is 382 g/mol. The third kappa shape index (κ3) is 3.28. The Bertz CT molecular complexity index is 1290. The number of fused-ring (bicyclic) bond motifs is 1. The quantitative estimate of drug-likeness (QED) is 0.520. The largest absolute Gasteiger partial charge is 0.392 e. The number of rotatable bonds is 4. The molecule has 1 atom stereocenters. The second-order valence-electron chi connectivity index (χ2n) is 6.58. The lowest BCUT2D eigenvalue weighted by Crippen LogP contribution is -2.21. The number of nitrogen functional groups attached to an aromatic ring is 1.